The molecular weight excluding hydrogens is 465 g/mol. The molecule has 0 radical (unpaired) electrons. The van der Waals surface area contributed by atoms with Crippen molar-refractivity contribution in [2.45, 2.75) is 32.6 Å². The first-order valence-electron chi connectivity index (χ1n) is 11.1. The Morgan fingerprint density at radius 1 is 1.03 bits per heavy atom. The zero-order valence-corrected chi connectivity index (χ0v) is 21.0. The molecule has 182 valence electrons. The molecule has 0 fully saturated rings. The zero-order valence-electron chi connectivity index (χ0n) is 20.0. The summed E-state index contributed by atoms with van der Waals surface area (Å²) in [5, 5.41) is 6.31. The average molecular weight is 494 g/mol. The van der Waals surface area contributed by atoms with Gasteiger partial charge in [-0.2, -0.15) is 13.5 Å². The lowest BCUT2D eigenvalue weighted by Crippen LogP contribution is -2.20. The van der Waals surface area contributed by atoms with Crippen molar-refractivity contribution in [2.75, 3.05) is 18.9 Å². The number of hydrogen-bond acceptors (Lipinski definition) is 7. The molecule has 0 spiro atoms. The summed E-state index contributed by atoms with van der Waals surface area (Å²) < 4.78 is 14.3. The van der Waals surface area contributed by atoms with Crippen molar-refractivity contribution in [2.24, 2.45) is 0 Å². The average Bonchev–Trinajstić information content (AvgIpc) is 2.86. The van der Waals surface area contributed by atoms with Crippen LogP contribution in [0.4, 0.5) is 10.2 Å². The van der Waals surface area contributed by atoms with E-state index in [1.54, 1.807) is 18.5 Å². The summed E-state index contributed by atoms with van der Waals surface area (Å²) in [4.78, 5) is 34.0. The summed E-state index contributed by atoms with van der Waals surface area (Å²) in [6.45, 7) is 6.67. The fourth-order valence-electron chi connectivity index (χ4n) is 3.72. The number of rotatable bonds is 7. The second kappa shape index (κ2) is 11.2. The van der Waals surface area contributed by atoms with Crippen LogP contribution in [0.1, 0.15) is 54.4 Å². The highest BCUT2D eigenvalue weighted by Gasteiger charge is 2.19. The predicted octanol–water partition coefficient (Wildman–Crippen LogP) is 4.43. The van der Waals surface area contributed by atoms with Crippen LogP contribution in [-0.2, 0) is 0 Å². The summed E-state index contributed by atoms with van der Waals surface area (Å²) in [5.41, 5.74) is 3.04. The summed E-state index contributed by atoms with van der Waals surface area (Å²) in [5.74, 6) is 0.584. The second-order valence-electron chi connectivity index (χ2n) is 8.36. The van der Waals surface area contributed by atoms with Crippen molar-refractivity contribution in [1.82, 2.24) is 30.2 Å². The van der Waals surface area contributed by atoms with Crippen LogP contribution < -0.4 is 10.6 Å². The van der Waals surface area contributed by atoms with E-state index in [4.69, 9.17) is 0 Å². The molecule has 3 heterocycles. The number of nitrogens with zero attached hydrogens (tertiary/aromatic N) is 5. The predicted molar refractivity (Wildman–Crippen MR) is 140 cm³/mol. The van der Waals surface area contributed by atoms with Gasteiger partial charge in [-0.15, -0.1) is 0 Å². The van der Waals surface area contributed by atoms with Gasteiger partial charge in [0.2, 0.25) is 0 Å². The van der Waals surface area contributed by atoms with E-state index in [1.165, 1.54) is 13.4 Å². The zero-order chi connectivity index (χ0) is 24.2. The van der Waals surface area contributed by atoms with Crippen molar-refractivity contribution >= 4 is 36.1 Å². The molecule has 1 atom stereocenters. The fraction of sp³-hybridized carbons (Fsp3) is 0.280. The van der Waals surface area contributed by atoms with Crippen LogP contribution in [0, 0.1) is 5.82 Å². The molecule has 3 aromatic heterocycles. The number of halogens is 1. The Balaban J connectivity index is 0.00000342. The number of fused-ring (bicyclic) bond motifs is 1. The van der Waals surface area contributed by atoms with Gasteiger partial charge in [0.15, 0.2) is 5.82 Å². The minimum atomic E-state index is -0.645. The van der Waals surface area contributed by atoms with Gasteiger partial charge in [0.05, 0.1) is 23.0 Å². The van der Waals surface area contributed by atoms with Gasteiger partial charge in [-0.3, -0.25) is 9.78 Å². The molecule has 0 unspecified atom stereocenters. The van der Waals surface area contributed by atoms with Gasteiger partial charge in [0.1, 0.15) is 18.0 Å². The number of hydrogen-bond donors (Lipinski definition) is 2. The lowest BCUT2D eigenvalue weighted by Gasteiger charge is -2.17. The SMILES string of the molecule is CNC(=O)c1c(F)cnc2c([C@H](C)CNc3cc(-c4cnc(C(C)C)nc4)ncn3)cccc12.S. The summed E-state index contributed by atoms with van der Waals surface area (Å²) in [6.07, 6.45) is 6.13. The van der Waals surface area contributed by atoms with Crippen LogP contribution in [0.5, 0.6) is 0 Å². The van der Waals surface area contributed by atoms with E-state index in [0.717, 1.165) is 28.8 Å². The molecule has 8 nitrogen and oxygen atoms in total. The van der Waals surface area contributed by atoms with Gasteiger partial charge in [-0.25, -0.2) is 24.3 Å². The van der Waals surface area contributed by atoms with Gasteiger partial charge in [-0.1, -0.05) is 39.0 Å². The van der Waals surface area contributed by atoms with Crippen molar-refractivity contribution < 1.29 is 9.18 Å². The number of para-hydroxylation sites is 1. The molecule has 10 heteroatoms. The third kappa shape index (κ3) is 5.54. The first-order valence-corrected chi connectivity index (χ1v) is 11.1. The molecule has 0 aliphatic carbocycles. The molecule has 35 heavy (non-hydrogen) atoms. The maximum atomic E-state index is 14.3. The highest BCUT2D eigenvalue weighted by molar-refractivity contribution is 7.59. The van der Waals surface area contributed by atoms with E-state index in [9.17, 15) is 9.18 Å². The number of carbonyl (C=O) groups is 1. The largest absolute Gasteiger partial charge is 0.369 e. The maximum absolute atomic E-state index is 14.3. The Morgan fingerprint density at radius 2 is 1.77 bits per heavy atom. The van der Waals surface area contributed by atoms with Gasteiger partial charge in [0.25, 0.3) is 5.91 Å². The monoisotopic (exact) mass is 493 g/mol. The first kappa shape index (κ1) is 26.0. The Labute approximate surface area is 210 Å². The number of anilines is 1. The molecule has 4 rings (SSSR count). The third-order valence-electron chi connectivity index (χ3n) is 5.61. The van der Waals surface area contributed by atoms with E-state index in [0.29, 0.717) is 23.3 Å². The van der Waals surface area contributed by atoms with Crippen LogP contribution >= 0.6 is 13.5 Å². The van der Waals surface area contributed by atoms with Gasteiger partial charge >= 0.3 is 0 Å². The number of nitrogens with one attached hydrogen (secondary N) is 2. The fourth-order valence-corrected chi connectivity index (χ4v) is 3.72. The molecule has 1 aromatic carbocycles. The Hall–Kier alpha value is -3.66. The molecule has 0 saturated carbocycles. The van der Waals surface area contributed by atoms with Crippen LogP contribution in [0.2, 0.25) is 0 Å². The van der Waals surface area contributed by atoms with E-state index in [1.807, 2.05) is 39.0 Å². The third-order valence-corrected chi connectivity index (χ3v) is 5.61. The molecule has 0 bridgehead atoms. The molecule has 2 N–H and O–H groups in total. The van der Waals surface area contributed by atoms with Crippen molar-refractivity contribution in [3.8, 4) is 11.3 Å². The molecular formula is C25H28FN7OS. The molecule has 1 amide bonds. The highest BCUT2D eigenvalue weighted by Crippen LogP contribution is 2.28. The van der Waals surface area contributed by atoms with E-state index >= 15 is 0 Å². The topological polar surface area (TPSA) is 106 Å². The highest BCUT2D eigenvalue weighted by atomic mass is 32.1. The quantitative estimate of drug-likeness (QED) is 0.392. The summed E-state index contributed by atoms with van der Waals surface area (Å²) in [7, 11) is 1.48. The minimum Gasteiger partial charge on any atom is -0.369 e. The van der Waals surface area contributed by atoms with Crippen molar-refractivity contribution in [1.29, 1.82) is 0 Å². The van der Waals surface area contributed by atoms with E-state index < -0.39 is 11.7 Å². The smallest absolute Gasteiger partial charge is 0.254 e. The Morgan fingerprint density at radius 3 is 2.46 bits per heavy atom. The molecule has 0 saturated heterocycles. The van der Waals surface area contributed by atoms with Crippen LogP contribution in [-0.4, -0.2) is 44.4 Å². The molecule has 0 aliphatic heterocycles. The maximum Gasteiger partial charge on any atom is 0.254 e. The molecule has 4 aromatic rings. The number of carbonyl (C=O) groups excluding carboxylic acids is 1. The normalized spacial score (nSPS) is 11.7. The van der Waals surface area contributed by atoms with E-state index in [-0.39, 0.29) is 30.9 Å². The first-order chi connectivity index (χ1) is 16.4. The summed E-state index contributed by atoms with van der Waals surface area (Å²) in [6, 6.07) is 7.31. The lowest BCUT2D eigenvalue weighted by atomic mass is 9.96. The number of pyridine rings is 1. The number of benzene rings is 1. The van der Waals surface area contributed by atoms with Crippen molar-refractivity contribution in [3.05, 3.63) is 72.0 Å². The molecule has 0 aliphatic rings. The number of amides is 1. The van der Waals surface area contributed by atoms with Gasteiger partial charge < -0.3 is 10.6 Å². The van der Waals surface area contributed by atoms with E-state index in [2.05, 4.69) is 35.6 Å². The van der Waals surface area contributed by atoms with Crippen LogP contribution in [0.3, 0.4) is 0 Å². The van der Waals surface area contributed by atoms with Gasteiger partial charge in [-0.05, 0) is 5.56 Å². The standard InChI is InChI=1S/C25H26FN7O.H2S/c1-14(2)24-30-10-16(11-31-24)20-8-21(33-13-32-20)28-9-15(3)17-6-5-7-18-22(25(34)27-4)19(26)12-29-23(17)18;/h5-8,10-15H,9H2,1-4H3,(H,27,34)(H,28,32,33);1H2/t15-;/m1./s1. The van der Waals surface area contributed by atoms with Crippen LogP contribution in [0.25, 0.3) is 22.2 Å². The Bertz CT molecular complexity index is 1330. The second-order valence-corrected chi connectivity index (χ2v) is 8.36. The summed E-state index contributed by atoms with van der Waals surface area (Å²) >= 11 is 0. The van der Waals surface area contributed by atoms with Crippen LogP contribution in [0.15, 0.2) is 49.2 Å². The Kier molecular flexibility index (Phi) is 8.29. The lowest BCUT2D eigenvalue weighted by molar-refractivity contribution is 0.0960. The van der Waals surface area contributed by atoms with Gasteiger partial charge in [0, 0.05) is 54.8 Å². The van der Waals surface area contributed by atoms with Crippen molar-refractivity contribution in [3.63, 3.8) is 0 Å². The minimum absolute atomic E-state index is 0. The number of aromatic nitrogens is 5.